The molecule has 0 bridgehead atoms. The molecule has 2 unspecified atom stereocenters. The Morgan fingerprint density at radius 1 is 1.06 bits per heavy atom. The quantitative estimate of drug-likeness (QED) is 0.506. The number of hydrogen-bond acceptors (Lipinski definition) is 4. The fraction of sp³-hybridized carbons (Fsp3) is 0.519. The van der Waals surface area contributed by atoms with Crippen LogP contribution in [0.25, 0.3) is 0 Å². The second-order valence-corrected chi connectivity index (χ2v) is 9.90. The van der Waals surface area contributed by atoms with E-state index in [1.54, 1.807) is 0 Å². The monoisotopic (exact) mass is 469 g/mol. The van der Waals surface area contributed by atoms with E-state index >= 15 is 0 Å². The molecule has 0 radical (unpaired) electrons. The number of halogens is 1. The normalized spacial score (nSPS) is 22.2. The zero-order valence-electron chi connectivity index (χ0n) is 19.6. The highest BCUT2D eigenvalue weighted by atomic mass is 35.5. The van der Waals surface area contributed by atoms with E-state index in [1.807, 2.05) is 36.2 Å². The van der Waals surface area contributed by atoms with Gasteiger partial charge in [-0.3, -0.25) is 15.6 Å². The Kier molecular flexibility index (Phi) is 8.42. The Hall–Kier alpha value is -1.92. The van der Waals surface area contributed by atoms with E-state index in [0.29, 0.717) is 43.2 Å². The minimum atomic E-state index is -0.524. The molecule has 0 saturated carbocycles. The van der Waals surface area contributed by atoms with Gasteiger partial charge in [-0.2, -0.15) is 0 Å². The first-order valence-corrected chi connectivity index (χ1v) is 12.6. The van der Waals surface area contributed by atoms with Gasteiger partial charge in [0.15, 0.2) is 0 Å². The maximum absolute atomic E-state index is 13.6. The Bertz CT molecular complexity index is 901. The van der Waals surface area contributed by atoms with Crippen molar-refractivity contribution in [2.75, 3.05) is 26.8 Å². The van der Waals surface area contributed by atoms with Crippen LogP contribution in [-0.4, -0.2) is 43.7 Å². The van der Waals surface area contributed by atoms with Crippen LogP contribution < -0.4 is 10.9 Å². The molecule has 0 aliphatic carbocycles. The maximum atomic E-state index is 13.6. The Balaban J connectivity index is 1.23. The third-order valence-electron chi connectivity index (χ3n) is 7.21. The average Bonchev–Trinajstić information content (AvgIpc) is 3.33. The number of hydrazine groups is 1. The molecular weight excluding hydrogens is 434 g/mol. The standard InChI is InChI=1S/C27H36ClN3O2/c1-31(26(32)27(14-17-33-18-15-27)22-11-8-12-23(28)19-22)16-7-3-6-13-24-20-25(30-29-24)21-9-4-2-5-10-21/h2,4-5,8-12,19,24-25,29-30H,3,6-7,13-18,20H2,1H3. The zero-order chi connectivity index (χ0) is 23.1. The lowest BCUT2D eigenvalue weighted by molar-refractivity contribution is -0.140. The first-order chi connectivity index (χ1) is 16.1. The fourth-order valence-corrected chi connectivity index (χ4v) is 5.42. The molecule has 0 spiro atoms. The molecule has 1 amide bonds. The zero-order valence-corrected chi connectivity index (χ0v) is 20.3. The summed E-state index contributed by atoms with van der Waals surface area (Å²) in [5, 5.41) is 0.679. The number of amides is 1. The molecule has 2 aliphatic rings. The van der Waals surface area contributed by atoms with Gasteiger partial charge >= 0.3 is 0 Å². The lowest BCUT2D eigenvalue weighted by Gasteiger charge is -2.39. The van der Waals surface area contributed by atoms with Crippen molar-refractivity contribution in [1.29, 1.82) is 0 Å². The summed E-state index contributed by atoms with van der Waals surface area (Å²) in [6.45, 7) is 2.00. The van der Waals surface area contributed by atoms with Gasteiger partial charge in [-0.15, -0.1) is 0 Å². The molecule has 2 atom stereocenters. The molecule has 4 rings (SSSR count). The number of benzene rings is 2. The van der Waals surface area contributed by atoms with Crippen LogP contribution in [0.1, 0.15) is 62.1 Å². The minimum Gasteiger partial charge on any atom is -0.381 e. The van der Waals surface area contributed by atoms with Crippen molar-refractivity contribution in [3.8, 4) is 0 Å². The van der Waals surface area contributed by atoms with Crippen molar-refractivity contribution < 1.29 is 9.53 Å². The third-order valence-corrected chi connectivity index (χ3v) is 7.44. The molecule has 0 aromatic heterocycles. The van der Waals surface area contributed by atoms with Crippen LogP contribution in [-0.2, 0) is 14.9 Å². The molecule has 2 N–H and O–H groups in total. The summed E-state index contributed by atoms with van der Waals surface area (Å²) in [5.74, 6) is 0.195. The van der Waals surface area contributed by atoms with Crippen molar-refractivity contribution in [1.82, 2.24) is 15.8 Å². The molecule has 2 aliphatic heterocycles. The molecule has 2 heterocycles. The van der Waals surface area contributed by atoms with Crippen LogP contribution in [0.2, 0.25) is 5.02 Å². The summed E-state index contributed by atoms with van der Waals surface area (Å²) in [4.78, 5) is 15.5. The van der Waals surface area contributed by atoms with Crippen LogP contribution >= 0.6 is 11.6 Å². The average molecular weight is 470 g/mol. The molecule has 2 fully saturated rings. The van der Waals surface area contributed by atoms with Gasteiger partial charge in [-0.1, -0.05) is 66.9 Å². The lowest BCUT2D eigenvalue weighted by Crippen LogP contribution is -2.48. The van der Waals surface area contributed by atoms with E-state index in [-0.39, 0.29) is 5.91 Å². The van der Waals surface area contributed by atoms with Crippen molar-refractivity contribution >= 4 is 17.5 Å². The number of likely N-dealkylation sites (N-methyl/N-ethyl adjacent to an activating group) is 1. The van der Waals surface area contributed by atoms with Crippen LogP contribution in [0.3, 0.4) is 0 Å². The Labute approximate surface area is 202 Å². The number of rotatable bonds is 9. The number of carbonyl (C=O) groups is 1. The van der Waals surface area contributed by atoms with Gasteiger partial charge in [-0.05, 0) is 55.4 Å². The number of unbranched alkanes of at least 4 members (excludes halogenated alkanes) is 2. The van der Waals surface area contributed by atoms with Crippen molar-refractivity contribution in [3.63, 3.8) is 0 Å². The first-order valence-electron chi connectivity index (χ1n) is 12.2. The number of nitrogens with zero attached hydrogens (tertiary/aromatic N) is 1. The second kappa shape index (κ2) is 11.5. The van der Waals surface area contributed by atoms with Crippen LogP contribution in [0.15, 0.2) is 54.6 Å². The fourth-order valence-electron chi connectivity index (χ4n) is 5.23. The van der Waals surface area contributed by atoms with Gasteiger partial charge in [0.1, 0.15) is 0 Å². The topological polar surface area (TPSA) is 53.6 Å². The second-order valence-electron chi connectivity index (χ2n) is 9.47. The molecule has 5 nitrogen and oxygen atoms in total. The highest BCUT2D eigenvalue weighted by Gasteiger charge is 2.43. The van der Waals surface area contributed by atoms with Gasteiger partial charge in [0.25, 0.3) is 0 Å². The van der Waals surface area contributed by atoms with E-state index in [4.69, 9.17) is 16.3 Å². The molecular formula is C27H36ClN3O2. The van der Waals surface area contributed by atoms with Gasteiger partial charge in [-0.25, -0.2) is 0 Å². The summed E-state index contributed by atoms with van der Waals surface area (Å²) in [6, 6.07) is 19.3. The number of hydrogen-bond donors (Lipinski definition) is 2. The van der Waals surface area contributed by atoms with Crippen molar-refractivity contribution in [2.24, 2.45) is 0 Å². The number of carbonyl (C=O) groups excluding carboxylic acids is 1. The maximum Gasteiger partial charge on any atom is 0.233 e. The predicted molar refractivity (Wildman–Crippen MR) is 133 cm³/mol. The third kappa shape index (κ3) is 5.96. The van der Waals surface area contributed by atoms with Crippen LogP contribution in [0.4, 0.5) is 0 Å². The van der Waals surface area contributed by atoms with Crippen molar-refractivity contribution in [2.45, 2.75) is 62.4 Å². The first kappa shape index (κ1) is 24.2. The number of nitrogens with one attached hydrogen (secondary N) is 2. The van der Waals surface area contributed by atoms with E-state index in [0.717, 1.165) is 44.2 Å². The van der Waals surface area contributed by atoms with E-state index < -0.39 is 5.41 Å². The molecule has 33 heavy (non-hydrogen) atoms. The SMILES string of the molecule is CN(CCCCCC1CC(c2ccccc2)NN1)C(=O)C1(c2cccc(Cl)c2)CCOCC1. The summed E-state index contributed by atoms with van der Waals surface area (Å²) < 4.78 is 5.59. The summed E-state index contributed by atoms with van der Waals surface area (Å²) in [6.07, 6.45) is 6.99. The lowest BCUT2D eigenvalue weighted by atomic mass is 9.73. The van der Waals surface area contributed by atoms with E-state index in [1.165, 1.54) is 5.56 Å². The summed E-state index contributed by atoms with van der Waals surface area (Å²) in [7, 11) is 1.94. The summed E-state index contributed by atoms with van der Waals surface area (Å²) >= 11 is 6.26. The van der Waals surface area contributed by atoms with Gasteiger partial charge in [0, 0.05) is 43.9 Å². The Morgan fingerprint density at radius 2 is 1.85 bits per heavy atom. The van der Waals surface area contributed by atoms with Crippen LogP contribution in [0.5, 0.6) is 0 Å². The van der Waals surface area contributed by atoms with E-state index in [9.17, 15) is 4.79 Å². The molecule has 2 saturated heterocycles. The molecule has 6 heteroatoms. The predicted octanol–water partition coefficient (Wildman–Crippen LogP) is 5.01. The highest BCUT2D eigenvalue weighted by molar-refractivity contribution is 6.30. The van der Waals surface area contributed by atoms with Crippen LogP contribution in [0, 0.1) is 0 Å². The highest BCUT2D eigenvalue weighted by Crippen LogP contribution is 2.37. The van der Waals surface area contributed by atoms with Gasteiger partial charge in [0.2, 0.25) is 5.91 Å². The van der Waals surface area contributed by atoms with Gasteiger partial charge in [0.05, 0.1) is 5.41 Å². The van der Waals surface area contributed by atoms with Crippen molar-refractivity contribution in [3.05, 3.63) is 70.7 Å². The smallest absolute Gasteiger partial charge is 0.233 e. The molecule has 178 valence electrons. The largest absolute Gasteiger partial charge is 0.381 e. The number of ether oxygens (including phenoxy) is 1. The minimum absolute atomic E-state index is 0.195. The van der Waals surface area contributed by atoms with E-state index in [2.05, 4.69) is 41.2 Å². The molecule has 2 aromatic rings. The summed E-state index contributed by atoms with van der Waals surface area (Å²) in [5.41, 5.74) is 8.73. The van der Waals surface area contributed by atoms with Gasteiger partial charge < -0.3 is 9.64 Å². The molecule has 2 aromatic carbocycles. The Morgan fingerprint density at radius 3 is 2.61 bits per heavy atom.